The zero-order chi connectivity index (χ0) is 23.4. The molecule has 1 heterocycles. The summed E-state index contributed by atoms with van der Waals surface area (Å²) in [7, 11) is 3.73. The molecule has 2 aromatic carbocycles. The highest BCUT2D eigenvalue weighted by molar-refractivity contribution is 5.89. The summed E-state index contributed by atoms with van der Waals surface area (Å²) >= 11 is 0. The van der Waals surface area contributed by atoms with Crippen molar-refractivity contribution in [3.05, 3.63) is 83.2 Å². The molecule has 0 saturated heterocycles. The summed E-state index contributed by atoms with van der Waals surface area (Å²) in [6.07, 6.45) is 5.58. The molecule has 0 saturated carbocycles. The van der Waals surface area contributed by atoms with Gasteiger partial charge in [-0.2, -0.15) is 0 Å². The van der Waals surface area contributed by atoms with E-state index in [0.717, 1.165) is 30.5 Å². The minimum absolute atomic E-state index is 0.186. The number of carbonyl (C=O) groups is 1. The summed E-state index contributed by atoms with van der Waals surface area (Å²) in [6, 6.07) is 15.0. The van der Waals surface area contributed by atoms with Crippen molar-refractivity contribution in [1.29, 1.82) is 0 Å². The zero-order valence-corrected chi connectivity index (χ0v) is 18.9. The van der Waals surface area contributed by atoms with Crippen molar-refractivity contribution >= 4 is 11.7 Å². The maximum absolute atomic E-state index is 11.5. The monoisotopic (exact) mass is 447 g/mol. The molecule has 0 bridgehead atoms. The van der Waals surface area contributed by atoms with Gasteiger partial charge in [0.15, 0.2) is 0 Å². The Morgan fingerprint density at radius 3 is 2.76 bits per heavy atom. The van der Waals surface area contributed by atoms with Crippen LogP contribution in [-0.2, 0) is 12.8 Å². The van der Waals surface area contributed by atoms with E-state index in [2.05, 4.69) is 16.4 Å². The molecule has 33 heavy (non-hydrogen) atoms. The average molecular weight is 448 g/mol. The van der Waals surface area contributed by atoms with Crippen LogP contribution in [0.3, 0.4) is 0 Å². The molecule has 0 unspecified atom stereocenters. The summed E-state index contributed by atoms with van der Waals surface area (Å²) in [5.41, 5.74) is 4.25. The number of aromatic nitrogens is 1. The van der Waals surface area contributed by atoms with E-state index in [1.54, 1.807) is 24.5 Å². The van der Waals surface area contributed by atoms with Crippen molar-refractivity contribution in [2.75, 3.05) is 25.5 Å². The Bertz CT molecular complexity index is 1120. The molecule has 2 atom stereocenters. The maximum Gasteiger partial charge on any atom is 0.335 e. The summed E-state index contributed by atoms with van der Waals surface area (Å²) in [5.74, 6) is 0.178. The Morgan fingerprint density at radius 1 is 1.18 bits per heavy atom. The van der Waals surface area contributed by atoms with Crippen LogP contribution in [0.4, 0.5) is 5.69 Å². The number of benzene rings is 2. The highest BCUT2D eigenvalue weighted by atomic mass is 16.5. The first-order valence-corrected chi connectivity index (χ1v) is 11.1. The fourth-order valence-corrected chi connectivity index (χ4v) is 4.10. The first-order chi connectivity index (χ1) is 15.9. The van der Waals surface area contributed by atoms with Gasteiger partial charge in [-0.15, -0.1) is 0 Å². The molecule has 7 nitrogen and oxygen atoms in total. The number of pyridine rings is 1. The molecule has 1 aromatic heterocycles. The van der Waals surface area contributed by atoms with Crippen molar-refractivity contribution in [1.82, 2.24) is 10.3 Å². The second-order valence-corrected chi connectivity index (χ2v) is 8.60. The Balaban J connectivity index is 1.44. The van der Waals surface area contributed by atoms with Gasteiger partial charge in [0.05, 0.1) is 11.7 Å². The third-order valence-electron chi connectivity index (χ3n) is 5.97. The zero-order valence-electron chi connectivity index (χ0n) is 18.9. The molecule has 0 fully saturated rings. The number of nitrogens with one attached hydrogen (secondary N) is 1. The first kappa shape index (κ1) is 22.8. The van der Waals surface area contributed by atoms with Gasteiger partial charge in [-0.25, -0.2) is 4.79 Å². The second-order valence-electron chi connectivity index (χ2n) is 8.60. The lowest BCUT2D eigenvalue weighted by molar-refractivity contribution is 0.0696. The Hall–Kier alpha value is -3.42. The second kappa shape index (κ2) is 10.0. The topological polar surface area (TPSA) is 94.9 Å². The largest absolute Gasteiger partial charge is 0.478 e. The smallest absolute Gasteiger partial charge is 0.335 e. The van der Waals surface area contributed by atoms with E-state index in [0.29, 0.717) is 18.0 Å². The van der Waals surface area contributed by atoms with Crippen LogP contribution in [0.5, 0.6) is 11.5 Å². The number of hydrogen-bond donors (Lipinski definition) is 3. The van der Waals surface area contributed by atoms with E-state index >= 15 is 0 Å². The van der Waals surface area contributed by atoms with Crippen LogP contribution < -0.4 is 15.0 Å². The number of anilines is 1. The van der Waals surface area contributed by atoms with Crippen LogP contribution in [0, 0.1) is 0 Å². The summed E-state index contributed by atoms with van der Waals surface area (Å²) in [6.45, 7) is 0.469. The van der Waals surface area contributed by atoms with Crippen LogP contribution in [0.1, 0.15) is 39.6 Å². The maximum atomic E-state index is 11.5. The highest BCUT2D eigenvalue weighted by Crippen LogP contribution is 2.31. The van der Waals surface area contributed by atoms with E-state index in [1.807, 2.05) is 49.3 Å². The van der Waals surface area contributed by atoms with Crippen molar-refractivity contribution < 1.29 is 19.7 Å². The van der Waals surface area contributed by atoms with Gasteiger partial charge in [-0.1, -0.05) is 12.1 Å². The number of aryl methyl sites for hydroxylation is 1. The average Bonchev–Trinajstić information content (AvgIpc) is 2.82. The van der Waals surface area contributed by atoms with Crippen LogP contribution in [0.15, 0.2) is 60.9 Å². The lowest BCUT2D eigenvalue weighted by atomic mass is 9.88. The molecule has 0 amide bonds. The number of fused-ring (bicyclic) bond motifs is 1. The van der Waals surface area contributed by atoms with Gasteiger partial charge in [0.25, 0.3) is 0 Å². The SMILES string of the molecule is CN(C)c1cc(Oc2ccc3c(c2)C[C@@H](NC[C@H](O)c2cccnc2)CC3)cc(C(=O)O)c1. The molecule has 0 spiro atoms. The van der Waals surface area contributed by atoms with Gasteiger partial charge in [0.1, 0.15) is 11.5 Å². The molecule has 3 aromatic rings. The molecule has 7 heteroatoms. The van der Waals surface area contributed by atoms with Crippen molar-refractivity contribution in [3.8, 4) is 11.5 Å². The molecule has 0 radical (unpaired) electrons. The molecule has 1 aliphatic carbocycles. The van der Waals surface area contributed by atoms with Crippen molar-refractivity contribution in [2.24, 2.45) is 0 Å². The number of aliphatic hydroxyl groups excluding tert-OH is 1. The number of rotatable bonds is 8. The van der Waals surface area contributed by atoms with Gasteiger partial charge in [0, 0.05) is 56.4 Å². The van der Waals surface area contributed by atoms with E-state index in [4.69, 9.17) is 4.74 Å². The van der Waals surface area contributed by atoms with Gasteiger partial charge in [-0.3, -0.25) is 4.98 Å². The Morgan fingerprint density at radius 2 is 2.03 bits per heavy atom. The number of aliphatic hydroxyl groups is 1. The lowest BCUT2D eigenvalue weighted by Crippen LogP contribution is -2.37. The molecular weight excluding hydrogens is 418 g/mol. The first-order valence-electron chi connectivity index (χ1n) is 11.1. The van der Waals surface area contributed by atoms with E-state index in [1.165, 1.54) is 11.1 Å². The summed E-state index contributed by atoms with van der Waals surface area (Å²) in [5, 5.41) is 23.3. The fraction of sp³-hybridized carbons (Fsp3) is 0.308. The van der Waals surface area contributed by atoms with E-state index in [9.17, 15) is 15.0 Å². The van der Waals surface area contributed by atoms with Crippen LogP contribution in [-0.4, -0.2) is 47.8 Å². The number of nitrogens with zero attached hydrogens (tertiary/aromatic N) is 2. The predicted molar refractivity (Wildman–Crippen MR) is 127 cm³/mol. The van der Waals surface area contributed by atoms with Gasteiger partial charge in [0.2, 0.25) is 0 Å². The molecule has 0 aliphatic heterocycles. The Kier molecular flexibility index (Phi) is 6.91. The van der Waals surface area contributed by atoms with Crippen LogP contribution in [0.25, 0.3) is 0 Å². The third kappa shape index (κ3) is 5.69. The standard InChI is InChI=1S/C26H29N3O4/c1-29(2)22-11-20(26(31)32)13-24(14-22)33-23-8-6-17-5-7-21(10-19(17)12-23)28-16-25(30)18-4-3-9-27-15-18/h3-4,6,8-9,11-15,21,25,28,30H,5,7,10,16H2,1-2H3,(H,31,32)/t21-,25-/m0/s1. The number of carboxylic acid groups (broad SMARTS) is 1. The number of aromatic carboxylic acids is 1. The summed E-state index contributed by atoms with van der Waals surface area (Å²) in [4.78, 5) is 17.4. The third-order valence-corrected chi connectivity index (χ3v) is 5.97. The molecular formula is C26H29N3O4. The van der Waals surface area contributed by atoms with Crippen LogP contribution in [0.2, 0.25) is 0 Å². The summed E-state index contributed by atoms with van der Waals surface area (Å²) < 4.78 is 6.06. The highest BCUT2D eigenvalue weighted by Gasteiger charge is 2.20. The number of carboxylic acids is 1. The van der Waals surface area contributed by atoms with Crippen molar-refractivity contribution in [2.45, 2.75) is 31.4 Å². The number of hydrogen-bond acceptors (Lipinski definition) is 6. The van der Waals surface area contributed by atoms with E-state index < -0.39 is 12.1 Å². The van der Waals surface area contributed by atoms with Gasteiger partial charge >= 0.3 is 5.97 Å². The molecule has 1 aliphatic rings. The van der Waals surface area contributed by atoms with Crippen molar-refractivity contribution in [3.63, 3.8) is 0 Å². The molecule has 4 rings (SSSR count). The molecule has 3 N–H and O–H groups in total. The van der Waals surface area contributed by atoms with E-state index in [-0.39, 0.29) is 11.6 Å². The minimum atomic E-state index is -0.989. The Labute approximate surface area is 193 Å². The van der Waals surface area contributed by atoms with Crippen LogP contribution >= 0.6 is 0 Å². The number of ether oxygens (including phenoxy) is 1. The quantitative estimate of drug-likeness (QED) is 0.483. The minimum Gasteiger partial charge on any atom is -0.478 e. The predicted octanol–water partition coefficient (Wildman–Crippen LogP) is 3.82. The fourth-order valence-electron chi connectivity index (χ4n) is 4.10. The molecule has 172 valence electrons. The van der Waals surface area contributed by atoms with Gasteiger partial charge in [-0.05, 0) is 60.7 Å². The normalized spacial score (nSPS) is 16.0. The van der Waals surface area contributed by atoms with Gasteiger partial charge < -0.3 is 25.2 Å². The lowest BCUT2D eigenvalue weighted by Gasteiger charge is -2.27.